The van der Waals surface area contributed by atoms with Gasteiger partial charge in [-0.2, -0.15) is 0 Å². The molecule has 0 saturated heterocycles. The van der Waals surface area contributed by atoms with Crippen LogP contribution in [0.5, 0.6) is 0 Å². The number of amides is 1. The smallest absolute Gasteiger partial charge is 0.414 e. The topological polar surface area (TPSA) is 64.1 Å². The number of nitrogens with one attached hydrogen (secondary N) is 1. The number of terminal acetylenes is 1. The second kappa shape index (κ2) is 6.01. The van der Waals surface area contributed by atoms with Crippen LogP contribution in [0.15, 0.2) is 12.4 Å². The monoisotopic (exact) mass is 247 g/mol. The summed E-state index contributed by atoms with van der Waals surface area (Å²) >= 11 is 0. The van der Waals surface area contributed by atoms with Gasteiger partial charge in [0.05, 0.1) is 0 Å². The number of aryl methyl sites for hydroxylation is 1. The van der Waals surface area contributed by atoms with E-state index in [0.717, 1.165) is 12.0 Å². The molecule has 0 spiro atoms. The van der Waals surface area contributed by atoms with Crippen molar-refractivity contribution in [3.63, 3.8) is 0 Å². The Balaban J connectivity index is 2.54. The van der Waals surface area contributed by atoms with Crippen LogP contribution in [-0.2, 0) is 11.2 Å². The van der Waals surface area contributed by atoms with E-state index in [4.69, 9.17) is 11.2 Å². The molecular weight excluding hydrogens is 230 g/mol. The lowest BCUT2D eigenvalue weighted by Gasteiger charge is -2.19. The molecule has 0 radical (unpaired) electrons. The fraction of sp³-hybridized carbons (Fsp3) is 0.462. The van der Waals surface area contributed by atoms with E-state index in [1.807, 2.05) is 0 Å². The zero-order valence-corrected chi connectivity index (χ0v) is 10.9. The third-order valence-electron chi connectivity index (χ3n) is 1.88. The van der Waals surface area contributed by atoms with Gasteiger partial charge >= 0.3 is 6.09 Å². The average Bonchev–Trinajstić information content (AvgIpc) is 2.25. The van der Waals surface area contributed by atoms with Crippen LogP contribution in [-0.4, -0.2) is 21.7 Å². The largest absolute Gasteiger partial charge is 0.444 e. The van der Waals surface area contributed by atoms with Crippen LogP contribution in [0.4, 0.5) is 10.7 Å². The van der Waals surface area contributed by atoms with Crippen molar-refractivity contribution in [3.8, 4) is 12.3 Å². The summed E-state index contributed by atoms with van der Waals surface area (Å²) < 4.78 is 5.08. The number of hydrogen-bond donors (Lipinski definition) is 1. The first-order chi connectivity index (χ1) is 8.40. The van der Waals surface area contributed by atoms with Gasteiger partial charge in [0.15, 0.2) is 0 Å². The molecule has 0 unspecified atom stereocenters. The summed E-state index contributed by atoms with van der Waals surface area (Å²) in [5.41, 5.74) is 0.388. The second-order valence-corrected chi connectivity index (χ2v) is 4.75. The fourth-order valence-electron chi connectivity index (χ4n) is 1.16. The zero-order valence-electron chi connectivity index (χ0n) is 10.9. The van der Waals surface area contributed by atoms with E-state index in [1.54, 1.807) is 33.2 Å². The first-order valence-electron chi connectivity index (χ1n) is 5.65. The number of aromatic nitrogens is 2. The maximum absolute atomic E-state index is 11.4. The van der Waals surface area contributed by atoms with Crippen molar-refractivity contribution in [2.45, 2.75) is 39.2 Å². The Labute approximate surface area is 107 Å². The van der Waals surface area contributed by atoms with E-state index >= 15 is 0 Å². The summed E-state index contributed by atoms with van der Waals surface area (Å²) in [7, 11) is 0. The highest BCUT2D eigenvalue weighted by molar-refractivity contribution is 5.82. The lowest BCUT2D eigenvalue weighted by Crippen LogP contribution is -2.27. The number of carbonyl (C=O) groups is 1. The predicted octanol–water partition coefficient (Wildman–Crippen LogP) is 2.39. The summed E-state index contributed by atoms with van der Waals surface area (Å²) in [6.07, 6.45) is 9.23. The van der Waals surface area contributed by atoms with Gasteiger partial charge < -0.3 is 4.74 Å². The number of carbonyl (C=O) groups excluding carboxylic acids is 1. The first kappa shape index (κ1) is 14.0. The maximum Gasteiger partial charge on any atom is 0.414 e. The molecule has 0 aliphatic heterocycles. The molecule has 0 atom stereocenters. The van der Waals surface area contributed by atoms with E-state index < -0.39 is 11.7 Å². The molecular formula is C13H17N3O2. The quantitative estimate of drug-likeness (QED) is 0.833. The Kier molecular flexibility index (Phi) is 4.67. The van der Waals surface area contributed by atoms with Crippen LogP contribution in [0.2, 0.25) is 0 Å². The van der Waals surface area contributed by atoms with Crippen molar-refractivity contribution in [2.24, 2.45) is 0 Å². The van der Waals surface area contributed by atoms with Crippen LogP contribution in [0.1, 0.15) is 32.8 Å². The van der Waals surface area contributed by atoms with Crippen LogP contribution in [0, 0.1) is 12.3 Å². The average molecular weight is 247 g/mol. The Bertz CT molecular complexity index is 441. The molecule has 1 N–H and O–H groups in total. The molecule has 1 amide bonds. The molecule has 0 fully saturated rings. The van der Waals surface area contributed by atoms with Crippen molar-refractivity contribution in [3.05, 3.63) is 18.0 Å². The lowest BCUT2D eigenvalue weighted by molar-refractivity contribution is 0.0634. The second-order valence-electron chi connectivity index (χ2n) is 4.75. The molecule has 0 aliphatic carbocycles. The van der Waals surface area contributed by atoms with Crippen molar-refractivity contribution < 1.29 is 9.53 Å². The van der Waals surface area contributed by atoms with Gasteiger partial charge in [-0.25, -0.2) is 14.8 Å². The number of hydrogen-bond acceptors (Lipinski definition) is 4. The zero-order chi connectivity index (χ0) is 13.6. The molecule has 5 heteroatoms. The minimum absolute atomic E-state index is 0.216. The summed E-state index contributed by atoms with van der Waals surface area (Å²) in [4.78, 5) is 19.5. The molecule has 1 rings (SSSR count). The van der Waals surface area contributed by atoms with Crippen LogP contribution in [0.3, 0.4) is 0 Å². The van der Waals surface area contributed by atoms with E-state index in [9.17, 15) is 4.79 Å². The molecule has 0 bridgehead atoms. The predicted molar refractivity (Wildman–Crippen MR) is 69.0 cm³/mol. The molecule has 1 heterocycles. The highest BCUT2D eigenvalue weighted by atomic mass is 16.6. The van der Waals surface area contributed by atoms with Gasteiger partial charge in [0, 0.05) is 18.8 Å². The SMILES string of the molecule is C#CCCc1cnc(NC(=O)OC(C)(C)C)nc1. The Morgan fingerprint density at radius 2 is 2.06 bits per heavy atom. The van der Waals surface area contributed by atoms with E-state index in [1.165, 1.54) is 0 Å². The van der Waals surface area contributed by atoms with Gasteiger partial charge in [-0.05, 0) is 32.8 Å². The van der Waals surface area contributed by atoms with Crippen molar-refractivity contribution in [2.75, 3.05) is 5.32 Å². The van der Waals surface area contributed by atoms with Gasteiger partial charge in [-0.1, -0.05) is 0 Å². The van der Waals surface area contributed by atoms with Gasteiger partial charge in [-0.15, -0.1) is 12.3 Å². The Hall–Kier alpha value is -2.09. The molecule has 1 aromatic heterocycles. The van der Waals surface area contributed by atoms with E-state index in [-0.39, 0.29) is 5.95 Å². The van der Waals surface area contributed by atoms with Gasteiger partial charge in [0.2, 0.25) is 5.95 Å². The number of anilines is 1. The van der Waals surface area contributed by atoms with Crippen molar-refractivity contribution in [1.29, 1.82) is 0 Å². The molecule has 5 nitrogen and oxygen atoms in total. The third kappa shape index (κ3) is 5.30. The molecule has 96 valence electrons. The van der Waals surface area contributed by atoms with Crippen molar-refractivity contribution in [1.82, 2.24) is 9.97 Å². The minimum Gasteiger partial charge on any atom is -0.444 e. The normalized spacial score (nSPS) is 10.6. The standard InChI is InChI=1S/C13H17N3O2/c1-5-6-7-10-8-14-11(15-9-10)16-12(17)18-13(2,3)4/h1,8-9H,6-7H2,2-4H3,(H,14,15,16,17). The van der Waals surface area contributed by atoms with E-state index in [0.29, 0.717) is 6.42 Å². The molecule has 0 aromatic carbocycles. The maximum atomic E-state index is 11.4. The van der Waals surface area contributed by atoms with Gasteiger partial charge in [-0.3, -0.25) is 5.32 Å². The lowest BCUT2D eigenvalue weighted by atomic mass is 10.2. The fourth-order valence-corrected chi connectivity index (χ4v) is 1.16. The summed E-state index contributed by atoms with van der Waals surface area (Å²) in [5, 5.41) is 2.46. The van der Waals surface area contributed by atoms with Crippen LogP contribution >= 0.6 is 0 Å². The molecule has 1 aromatic rings. The van der Waals surface area contributed by atoms with Crippen LogP contribution in [0.25, 0.3) is 0 Å². The Morgan fingerprint density at radius 3 is 2.56 bits per heavy atom. The number of ether oxygens (including phenoxy) is 1. The minimum atomic E-state index is -0.570. The number of rotatable bonds is 3. The summed E-state index contributed by atoms with van der Waals surface area (Å²) in [6.45, 7) is 5.36. The highest BCUT2D eigenvalue weighted by Crippen LogP contribution is 2.09. The molecule has 0 aliphatic rings. The highest BCUT2D eigenvalue weighted by Gasteiger charge is 2.16. The molecule has 18 heavy (non-hydrogen) atoms. The van der Waals surface area contributed by atoms with Gasteiger partial charge in [0.25, 0.3) is 0 Å². The third-order valence-corrected chi connectivity index (χ3v) is 1.88. The number of nitrogens with zero attached hydrogens (tertiary/aromatic N) is 2. The molecule has 0 saturated carbocycles. The summed E-state index contributed by atoms with van der Waals surface area (Å²) in [6, 6.07) is 0. The van der Waals surface area contributed by atoms with Gasteiger partial charge in [0.1, 0.15) is 5.60 Å². The van der Waals surface area contributed by atoms with Crippen LogP contribution < -0.4 is 5.32 Å². The Morgan fingerprint density at radius 1 is 1.44 bits per heavy atom. The van der Waals surface area contributed by atoms with Crippen molar-refractivity contribution >= 4 is 12.0 Å². The first-order valence-corrected chi connectivity index (χ1v) is 5.65. The van der Waals surface area contributed by atoms with E-state index in [2.05, 4.69) is 21.2 Å². The summed E-state index contributed by atoms with van der Waals surface area (Å²) in [5.74, 6) is 2.76.